The van der Waals surface area contributed by atoms with Gasteiger partial charge in [0, 0.05) is 11.8 Å². The molecule has 0 unspecified atom stereocenters. The molecule has 6 heteroatoms. The Bertz CT molecular complexity index is 562. The van der Waals surface area contributed by atoms with Crippen LogP contribution in [0.1, 0.15) is 0 Å². The van der Waals surface area contributed by atoms with Crippen LogP contribution in [0.5, 0.6) is 5.75 Å². The van der Waals surface area contributed by atoms with Crippen molar-refractivity contribution in [2.75, 3.05) is 12.8 Å². The van der Waals surface area contributed by atoms with E-state index >= 15 is 0 Å². The third-order valence-electron chi connectivity index (χ3n) is 2.18. The molecule has 2 N–H and O–H groups in total. The minimum Gasteiger partial charge on any atom is -0.495 e. The molecule has 1 heterocycles. The molecule has 0 saturated carbocycles. The zero-order chi connectivity index (χ0) is 12.4. The number of halogens is 2. The third kappa shape index (κ3) is 2.50. The number of nitrogens with two attached hydrogens (primary N) is 1. The molecule has 0 aliphatic carbocycles. The summed E-state index contributed by atoms with van der Waals surface area (Å²) in [6.07, 6.45) is 1.61. The van der Waals surface area contributed by atoms with Gasteiger partial charge in [0.05, 0.1) is 16.6 Å². The second-order valence-corrected chi connectivity index (χ2v) is 4.54. The number of anilines is 1. The summed E-state index contributed by atoms with van der Waals surface area (Å²) >= 11 is 9.19. The van der Waals surface area contributed by atoms with Gasteiger partial charge >= 0.3 is 0 Å². The summed E-state index contributed by atoms with van der Waals surface area (Å²) in [5.74, 6) is 1.50. The summed E-state index contributed by atoms with van der Waals surface area (Å²) in [5.41, 5.74) is 6.50. The average molecular weight is 315 g/mol. The van der Waals surface area contributed by atoms with Crippen molar-refractivity contribution in [1.29, 1.82) is 0 Å². The summed E-state index contributed by atoms with van der Waals surface area (Å²) in [6.45, 7) is 0. The minimum atomic E-state index is 0.393. The lowest BCUT2D eigenvalue weighted by Gasteiger charge is -2.06. The standard InChI is InChI=1S/C11H9BrClN3O/c1-17-9-4-6(2-3-8(9)13)11-15-5-7(12)10(14)16-11/h2-5H,1H3,(H2,14,15,16). The molecule has 0 amide bonds. The van der Waals surface area contributed by atoms with Crippen molar-refractivity contribution >= 4 is 33.3 Å². The quantitative estimate of drug-likeness (QED) is 0.925. The lowest BCUT2D eigenvalue weighted by molar-refractivity contribution is 0.415. The number of hydrogen-bond acceptors (Lipinski definition) is 4. The fourth-order valence-electron chi connectivity index (χ4n) is 1.32. The van der Waals surface area contributed by atoms with E-state index in [4.69, 9.17) is 22.1 Å². The largest absolute Gasteiger partial charge is 0.495 e. The SMILES string of the molecule is COc1cc(-c2ncc(Br)c(N)n2)ccc1Cl. The second-order valence-electron chi connectivity index (χ2n) is 3.28. The number of benzene rings is 1. The van der Waals surface area contributed by atoms with Gasteiger partial charge in [0.1, 0.15) is 11.6 Å². The van der Waals surface area contributed by atoms with E-state index in [2.05, 4.69) is 25.9 Å². The Labute approximate surface area is 112 Å². The number of nitrogens with zero attached hydrogens (tertiary/aromatic N) is 2. The van der Waals surface area contributed by atoms with Crippen LogP contribution in [0.25, 0.3) is 11.4 Å². The average Bonchev–Trinajstić information content (AvgIpc) is 2.33. The second kappa shape index (κ2) is 4.89. The first-order chi connectivity index (χ1) is 8.11. The van der Waals surface area contributed by atoms with Crippen LogP contribution in [0.3, 0.4) is 0 Å². The van der Waals surface area contributed by atoms with Crippen LogP contribution in [-0.2, 0) is 0 Å². The van der Waals surface area contributed by atoms with Crippen LogP contribution >= 0.6 is 27.5 Å². The lowest BCUT2D eigenvalue weighted by atomic mass is 10.2. The molecule has 0 atom stereocenters. The molecule has 17 heavy (non-hydrogen) atoms. The highest BCUT2D eigenvalue weighted by atomic mass is 79.9. The van der Waals surface area contributed by atoms with Crippen LogP contribution in [-0.4, -0.2) is 17.1 Å². The molecule has 0 spiro atoms. The highest BCUT2D eigenvalue weighted by Crippen LogP contribution is 2.29. The number of aromatic nitrogens is 2. The Kier molecular flexibility index (Phi) is 3.49. The number of hydrogen-bond donors (Lipinski definition) is 1. The van der Waals surface area contributed by atoms with E-state index in [9.17, 15) is 0 Å². The van der Waals surface area contributed by atoms with Gasteiger partial charge < -0.3 is 10.5 Å². The zero-order valence-corrected chi connectivity index (χ0v) is 11.3. The van der Waals surface area contributed by atoms with Crippen molar-refractivity contribution in [2.45, 2.75) is 0 Å². The van der Waals surface area contributed by atoms with Crippen molar-refractivity contribution in [1.82, 2.24) is 9.97 Å². The normalized spacial score (nSPS) is 10.3. The molecule has 2 aromatic rings. The Hall–Kier alpha value is -1.33. The van der Waals surface area contributed by atoms with E-state index in [0.717, 1.165) is 5.56 Å². The van der Waals surface area contributed by atoms with E-state index in [-0.39, 0.29) is 0 Å². The van der Waals surface area contributed by atoms with E-state index < -0.39 is 0 Å². The molecule has 0 saturated heterocycles. The Morgan fingerprint density at radius 1 is 1.41 bits per heavy atom. The number of methoxy groups -OCH3 is 1. The first kappa shape index (κ1) is 12.1. The van der Waals surface area contributed by atoms with Crippen LogP contribution in [0, 0.1) is 0 Å². The van der Waals surface area contributed by atoms with E-state index in [1.54, 1.807) is 25.4 Å². The Morgan fingerprint density at radius 2 is 2.18 bits per heavy atom. The topological polar surface area (TPSA) is 61.0 Å². The summed E-state index contributed by atoms with van der Waals surface area (Å²) in [4.78, 5) is 8.35. The first-order valence-corrected chi connectivity index (χ1v) is 5.91. The fourth-order valence-corrected chi connectivity index (χ4v) is 1.70. The molecule has 1 aromatic carbocycles. The van der Waals surface area contributed by atoms with Gasteiger partial charge in [0.25, 0.3) is 0 Å². The fraction of sp³-hybridized carbons (Fsp3) is 0.0909. The highest BCUT2D eigenvalue weighted by molar-refractivity contribution is 9.10. The van der Waals surface area contributed by atoms with Gasteiger partial charge in [-0.2, -0.15) is 0 Å². The molecule has 1 aromatic heterocycles. The molecule has 0 bridgehead atoms. The van der Waals surface area contributed by atoms with Gasteiger partial charge in [-0.25, -0.2) is 9.97 Å². The molecule has 0 radical (unpaired) electrons. The van der Waals surface area contributed by atoms with E-state index in [0.29, 0.717) is 26.9 Å². The summed E-state index contributed by atoms with van der Waals surface area (Å²) in [6, 6.07) is 5.32. The Morgan fingerprint density at radius 3 is 2.82 bits per heavy atom. The van der Waals surface area contributed by atoms with Gasteiger partial charge in [-0.15, -0.1) is 0 Å². The molecule has 0 aliphatic rings. The molecular weight excluding hydrogens is 305 g/mol. The molecule has 88 valence electrons. The predicted octanol–water partition coefficient (Wildman–Crippen LogP) is 3.15. The van der Waals surface area contributed by atoms with E-state index in [1.807, 2.05) is 6.07 Å². The highest BCUT2D eigenvalue weighted by Gasteiger charge is 2.07. The smallest absolute Gasteiger partial charge is 0.161 e. The predicted molar refractivity (Wildman–Crippen MR) is 71.1 cm³/mol. The molecule has 0 aliphatic heterocycles. The maximum Gasteiger partial charge on any atom is 0.161 e. The Balaban J connectivity index is 2.49. The van der Waals surface area contributed by atoms with Gasteiger partial charge in [-0.05, 0) is 34.1 Å². The van der Waals surface area contributed by atoms with Gasteiger partial charge in [-0.3, -0.25) is 0 Å². The first-order valence-electron chi connectivity index (χ1n) is 4.73. The van der Waals surface area contributed by atoms with Gasteiger partial charge in [0.15, 0.2) is 5.82 Å². The molecular formula is C11H9BrClN3O. The van der Waals surface area contributed by atoms with Crippen LogP contribution in [0.4, 0.5) is 5.82 Å². The minimum absolute atomic E-state index is 0.393. The molecule has 0 fully saturated rings. The summed E-state index contributed by atoms with van der Waals surface area (Å²) in [7, 11) is 1.56. The van der Waals surface area contributed by atoms with Crippen molar-refractivity contribution in [3.63, 3.8) is 0 Å². The number of nitrogen functional groups attached to an aromatic ring is 1. The van der Waals surface area contributed by atoms with Crippen molar-refractivity contribution in [2.24, 2.45) is 0 Å². The van der Waals surface area contributed by atoms with E-state index in [1.165, 1.54) is 0 Å². The van der Waals surface area contributed by atoms with Crippen molar-refractivity contribution in [3.8, 4) is 17.1 Å². The summed E-state index contributed by atoms with van der Waals surface area (Å²) in [5, 5.41) is 0.543. The number of ether oxygens (including phenoxy) is 1. The maximum atomic E-state index is 5.94. The molecule has 4 nitrogen and oxygen atoms in total. The van der Waals surface area contributed by atoms with Gasteiger partial charge in [-0.1, -0.05) is 11.6 Å². The van der Waals surface area contributed by atoms with Crippen LogP contribution in [0.2, 0.25) is 5.02 Å². The van der Waals surface area contributed by atoms with Crippen LogP contribution < -0.4 is 10.5 Å². The maximum absolute atomic E-state index is 5.94. The number of rotatable bonds is 2. The van der Waals surface area contributed by atoms with Crippen molar-refractivity contribution < 1.29 is 4.74 Å². The van der Waals surface area contributed by atoms with Gasteiger partial charge in [0.2, 0.25) is 0 Å². The molecule has 2 rings (SSSR count). The summed E-state index contributed by atoms with van der Waals surface area (Å²) < 4.78 is 5.80. The van der Waals surface area contributed by atoms with Crippen molar-refractivity contribution in [3.05, 3.63) is 33.9 Å². The lowest BCUT2D eigenvalue weighted by Crippen LogP contribution is -1.96. The van der Waals surface area contributed by atoms with Crippen LogP contribution in [0.15, 0.2) is 28.9 Å². The zero-order valence-electron chi connectivity index (χ0n) is 8.95. The third-order valence-corrected chi connectivity index (χ3v) is 3.10. The monoisotopic (exact) mass is 313 g/mol.